The zero-order valence-electron chi connectivity index (χ0n) is 13.0. The molecule has 2 aromatic carbocycles. The molecule has 1 aromatic heterocycles. The van der Waals surface area contributed by atoms with Gasteiger partial charge in [0, 0.05) is 13.1 Å². The van der Waals surface area contributed by atoms with Crippen LogP contribution in [-0.2, 0) is 11.3 Å². The van der Waals surface area contributed by atoms with Gasteiger partial charge < -0.3 is 10.2 Å². The quantitative estimate of drug-likeness (QED) is 0.750. The van der Waals surface area contributed by atoms with E-state index in [0.29, 0.717) is 13.1 Å². The maximum absolute atomic E-state index is 12.4. The van der Waals surface area contributed by atoms with Gasteiger partial charge in [0.25, 0.3) is 0 Å². The van der Waals surface area contributed by atoms with E-state index in [4.69, 9.17) is 0 Å². The molecular weight excluding hydrogens is 306 g/mol. The number of carbonyl (C=O) groups is 1. The first-order valence-corrected chi connectivity index (χ1v) is 8.49. The number of anilines is 1. The molecule has 0 aliphatic heterocycles. The second-order valence-corrected chi connectivity index (χ2v) is 6.26. The number of amides is 1. The van der Waals surface area contributed by atoms with Crippen molar-refractivity contribution in [1.29, 1.82) is 0 Å². The van der Waals surface area contributed by atoms with Crippen LogP contribution in [0.5, 0.6) is 0 Å². The molecule has 0 bridgehead atoms. The zero-order chi connectivity index (χ0) is 16.1. The molecular formula is C18H19N3OS. The fraction of sp³-hybridized carbons (Fsp3) is 0.222. The van der Waals surface area contributed by atoms with E-state index in [-0.39, 0.29) is 12.5 Å². The Hall–Kier alpha value is -2.40. The van der Waals surface area contributed by atoms with Crippen molar-refractivity contribution in [2.75, 3.05) is 18.4 Å². The molecule has 5 heteroatoms. The Balaban J connectivity index is 1.60. The summed E-state index contributed by atoms with van der Waals surface area (Å²) >= 11 is 1.57. The van der Waals surface area contributed by atoms with E-state index in [0.717, 1.165) is 20.9 Å². The molecule has 0 aliphatic rings. The Morgan fingerprint density at radius 2 is 1.87 bits per heavy atom. The number of fused-ring (bicyclic) bond motifs is 1. The van der Waals surface area contributed by atoms with E-state index < -0.39 is 0 Å². The van der Waals surface area contributed by atoms with Gasteiger partial charge in [0.15, 0.2) is 5.13 Å². The summed E-state index contributed by atoms with van der Waals surface area (Å²) in [6.45, 7) is 3.59. The van der Waals surface area contributed by atoms with Gasteiger partial charge in [-0.1, -0.05) is 53.8 Å². The number of nitrogens with zero attached hydrogens (tertiary/aromatic N) is 2. The van der Waals surface area contributed by atoms with Crippen LogP contribution in [0.15, 0.2) is 54.6 Å². The van der Waals surface area contributed by atoms with E-state index >= 15 is 0 Å². The smallest absolute Gasteiger partial charge is 0.242 e. The van der Waals surface area contributed by atoms with Gasteiger partial charge in [0.2, 0.25) is 5.91 Å². The minimum atomic E-state index is 0.0793. The number of thiazole rings is 1. The molecule has 1 amide bonds. The SMILES string of the molecule is CCN(Cc1ccccc1)C(=O)CNc1nc2ccccc2s1. The van der Waals surface area contributed by atoms with Gasteiger partial charge in [0.1, 0.15) is 0 Å². The molecule has 0 atom stereocenters. The summed E-state index contributed by atoms with van der Waals surface area (Å²) in [7, 11) is 0. The average Bonchev–Trinajstić information content (AvgIpc) is 3.01. The van der Waals surface area contributed by atoms with Crippen molar-refractivity contribution in [3.05, 3.63) is 60.2 Å². The van der Waals surface area contributed by atoms with E-state index in [1.54, 1.807) is 11.3 Å². The van der Waals surface area contributed by atoms with Crippen LogP contribution < -0.4 is 5.32 Å². The summed E-state index contributed by atoms with van der Waals surface area (Å²) in [6.07, 6.45) is 0. The van der Waals surface area contributed by atoms with Gasteiger partial charge in [-0.2, -0.15) is 0 Å². The molecule has 3 aromatic rings. The lowest BCUT2D eigenvalue weighted by Gasteiger charge is -2.21. The summed E-state index contributed by atoms with van der Waals surface area (Å²) in [5, 5.41) is 3.94. The number of hydrogen-bond acceptors (Lipinski definition) is 4. The Labute approximate surface area is 139 Å². The minimum absolute atomic E-state index is 0.0793. The number of likely N-dealkylation sites (N-methyl/N-ethyl adjacent to an activating group) is 1. The highest BCUT2D eigenvalue weighted by atomic mass is 32.1. The highest BCUT2D eigenvalue weighted by Gasteiger charge is 2.12. The summed E-state index contributed by atoms with van der Waals surface area (Å²) in [4.78, 5) is 18.7. The Bertz CT molecular complexity index is 752. The second kappa shape index (κ2) is 7.24. The first kappa shape index (κ1) is 15.5. The van der Waals surface area contributed by atoms with Gasteiger partial charge in [-0.15, -0.1) is 0 Å². The molecule has 3 rings (SSSR count). The van der Waals surface area contributed by atoms with Crippen molar-refractivity contribution in [1.82, 2.24) is 9.88 Å². The number of aromatic nitrogens is 1. The summed E-state index contributed by atoms with van der Waals surface area (Å²) in [6, 6.07) is 18.0. The lowest BCUT2D eigenvalue weighted by atomic mass is 10.2. The van der Waals surface area contributed by atoms with Crippen molar-refractivity contribution >= 4 is 32.6 Å². The molecule has 0 unspecified atom stereocenters. The lowest BCUT2D eigenvalue weighted by molar-refractivity contribution is -0.129. The fourth-order valence-electron chi connectivity index (χ4n) is 2.39. The molecule has 0 radical (unpaired) electrons. The number of benzene rings is 2. The molecule has 118 valence electrons. The van der Waals surface area contributed by atoms with Crippen molar-refractivity contribution in [2.45, 2.75) is 13.5 Å². The zero-order valence-corrected chi connectivity index (χ0v) is 13.8. The van der Waals surface area contributed by atoms with E-state index in [1.807, 2.05) is 66.4 Å². The van der Waals surface area contributed by atoms with Crippen LogP contribution in [-0.4, -0.2) is 28.9 Å². The third-order valence-electron chi connectivity index (χ3n) is 3.64. The van der Waals surface area contributed by atoms with Gasteiger partial charge in [-0.25, -0.2) is 4.98 Å². The van der Waals surface area contributed by atoms with Crippen molar-refractivity contribution in [2.24, 2.45) is 0 Å². The van der Waals surface area contributed by atoms with E-state index in [1.165, 1.54) is 0 Å². The molecule has 0 saturated carbocycles. The highest BCUT2D eigenvalue weighted by Crippen LogP contribution is 2.25. The summed E-state index contributed by atoms with van der Waals surface area (Å²) in [5.41, 5.74) is 2.10. The maximum Gasteiger partial charge on any atom is 0.242 e. The Kier molecular flexibility index (Phi) is 4.88. The maximum atomic E-state index is 12.4. The number of para-hydroxylation sites is 1. The van der Waals surface area contributed by atoms with Gasteiger partial charge in [-0.3, -0.25) is 4.79 Å². The Morgan fingerprint density at radius 1 is 1.13 bits per heavy atom. The fourth-order valence-corrected chi connectivity index (χ4v) is 3.25. The first-order chi connectivity index (χ1) is 11.3. The number of rotatable bonds is 6. The van der Waals surface area contributed by atoms with Crippen LogP contribution in [0.2, 0.25) is 0 Å². The molecule has 0 aliphatic carbocycles. The van der Waals surface area contributed by atoms with Crippen LogP contribution in [0, 0.1) is 0 Å². The first-order valence-electron chi connectivity index (χ1n) is 7.67. The van der Waals surface area contributed by atoms with Gasteiger partial charge >= 0.3 is 0 Å². The topological polar surface area (TPSA) is 45.2 Å². The lowest BCUT2D eigenvalue weighted by Crippen LogP contribution is -2.34. The molecule has 0 fully saturated rings. The highest BCUT2D eigenvalue weighted by molar-refractivity contribution is 7.22. The third kappa shape index (κ3) is 3.87. The largest absolute Gasteiger partial charge is 0.352 e. The monoisotopic (exact) mass is 325 g/mol. The molecule has 1 heterocycles. The standard InChI is InChI=1S/C18H19N3OS/c1-2-21(13-14-8-4-3-5-9-14)17(22)12-19-18-20-15-10-6-7-11-16(15)23-18/h3-11H,2,12-13H2,1H3,(H,19,20). The molecule has 0 spiro atoms. The molecule has 23 heavy (non-hydrogen) atoms. The predicted molar refractivity (Wildman–Crippen MR) is 95.6 cm³/mol. The second-order valence-electron chi connectivity index (χ2n) is 5.23. The molecule has 1 N–H and O–H groups in total. The minimum Gasteiger partial charge on any atom is -0.352 e. The van der Waals surface area contributed by atoms with Crippen LogP contribution in [0.1, 0.15) is 12.5 Å². The van der Waals surface area contributed by atoms with Gasteiger partial charge in [0.05, 0.1) is 16.8 Å². The van der Waals surface area contributed by atoms with Gasteiger partial charge in [-0.05, 0) is 24.6 Å². The molecule has 4 nitrogen and oxygen atoms in total. The number of hydrogen-bond donors (Lipinski definition) is 1. The van der Waals surface area contributed by atoms with Crippen LogP contribution >= 0.6 is 11.3 Å². The van der Waals surface area contributed by atoms with E-state index in [9.17, 15) is 4.79 Å². The van der Waals surface area contributed by atoms with Crippen LogP contribution in [0.25, 0.3) is 10.2 Å². The predicted octanol–water partition coefficient (Wildman–Crippen LogP) is 3.76. The summed E-state index contributed by atoms with van der Waals surface area (Å²) < 4.78 is 1.12. The van der Waals surface area contributed by atoms with Crippen molar-refractivity contribution in [3.8, 4) is 0 Å². The Morgan fingerprint density at radius 3 is 2.61 bits per heavy atom. The van der Waals surface area contributed by atoms with Crippen LogP contribution in [0.3, 0.4) is 0 Å². The number of carbonyl (C=O) groups excluding carboxylic acids is 1. The van der Waals surface area contributed by atoms with E-state index in [2.05, 4.69) is 10.3 Å². The summed E-state index contributed by atoms with van der Waals surface area (Å²) in [5.74, 6) is 0.0793. The van der Waals surface area contributed by atoms with Crippen LogP contribution in [0.4, 0.5) is 5.13 Å². The van der Waals surface area contributed by atoms with Crippen molar-refractivity contribution < 1.29 is 4.79 Å². The number of nitrogens with one attached hydrogen (secondary N) is 1. The normalized spacial score (nSPS) is 10.7. The molecule has 0 saturated heterocycles. The van der Waals surface area contributed by atoms with Crippen molar-refractivity contribution in [3.63, 3.8) is 0 Å². The average molecular weight is 325 g/mol. The third-order valence-corrected chi connectivity index (χ3v) is 4.63.